The molecule has 122 valence electrons. The van der Waals surface area contributed by atoms with E-state index >= 15 is 0 Å². The molecule has 0 saturated carbocycles. The highest BCUT2D eigenvalue weighted by atomic mass is 32.2. The molecule has 0 bridgehead atoms. The van der Waals surface area contributed by atoms with E-state index in [1.165, 1.54) is 22.8 Å². The Labute approximate surface area is 139 Å². The monoisotopic (exact) mass is 351 g/mol. The molecule has 1 aliphatic rings. The number of fused-ring (bicyclic) bond motifs is 1. The van der Waals surface area contributed by atoms with Gasteiger partial charge in [0.25, 0.3) is 10.0 Å². The quantitative estimate of drug-likeness (QED) is 0.798. The summed E-state index contributed by atoms with van der Waals surface area (Å²) in [6.45, 7) is 2.29. The van der Waals surface area contributed by atoms with Gasteiger partial charge in [-0.3, -0.25) is 4.31 Å². The lowest BCUT2D eigenvalue weighted by molar-refractivity contribution is 0.0599. The molecule has 2 aromatic rings. The van der Waals surface area contributed by atoms with E-state index < -0.39 is 16.0 Å². The Balaban J connectivity index is 2.11. The SMILES string of the molecule is COC(=O)c1cccc2c1CCCN2S(=O)(=O)c1ccc(C)s1. The number of hydrogen-bond acceptors (Lipinski definition) is 5. The number of rotatable bonds is 3. The van der Waals surface area contributed by atoms with E-state index in [4.69, 9.17) is 4.74 Å². The van der Waals surface area contributed by atoms with Crippen LogP contribution in [-0.2, 0) is 21.2 Å². The van der Waals surface area contributed by atoms with Gasteiger partial charge in [0.05, 0.1) is 18.4 Å². The van der Waals surface area contributed by atoms with Crippen molar-refractivity contribution in [2.24, 2.45) is 0 Å². The van der Waals surface area contributed by atoms with Gasteiger partial charge in [0.1, 0.15) is 4.21 Å². The second-order valence-electron chi connectivity index (χ2n) is 5.34. The molecule has 0 radical (unpaired) electrons. The first kappa shape index (κ1) is 16.0. The summed E-state index contributed by atoms with van der Waals surface area (Å²) < 4.78 is 32.4. The topological polar surface area (TPSA) is 63.7 Å². The van der Waals surface area contributed by atoms with Crippen molar-refractivity contribution < 1.29 is 17.9 Å². The Morgan fingerprint density at radius 2 is 2.04 bits per heavy atom. The minimum absolute atomic E-state index is 0.325. The van der Waals surface area contributed by atoms with E-state index in [0.29, 0.717) is 34.8 Å². The highest BCUT2D eigenvalue weighted by Crippen LogP contribution is 2.35. The summed E-state index contributed by atoms with van der Waals surface area (Å²) in [6, 6.07) is 8.55. The molecule has 0 N–H and O–H groups in total. The highest BCUT2D eigenvalue weighted by molar-refractivity contribution is 7.94. The molecule has 23 heavy (non-hydrogen) atoms. The Morgan fingerprint density at radius 1 is 1.26 bits per heavy atom. The number of benzene rings is 1. The Hall–Kier alpha value is -1.86. The van der Waals surface area contributed by atoms with Crippen LogP contribution in [0.3, 0.4) is 0 Å². The van der Waals surface area contributed by atoms with Gasteiger partial charge >= 0.3 is 5.97 Å². The van der Waals surface area contributed by atoms with Crippen molar-refractivity contribution in [1.29, 1.82) is 0 Å². The number of methoxy groups -OCH3 is 1. The van der Waals surface area contributed by atoms with Gasteiger partial charge in [-0.15, -0.1) is 11.3 Å². The zero-order valence-corrected chi connectivity index (χ0v) is 14.5. The average Bonchev–Trinajstić information content (AvgIpc) is 3.00. The van der Waals surface area contributed by atoms with Gasteiger partial charge < -0.3 is 4.74 Å². The number of anilines is 1. The fraction of sp³-hybridized carbons (Fsp3) is 0.312. The van der Waals surface area contributed by atoms with E-state index in [9.17, 15) is 13.2 Å². The minimum atomic E-state index is -3.60. The lowest BCUT2D eigenvalue weighted by atomic mass is 9.98. The minimum Gasteiger partial charge on any atom is -0.465 e. The Bertz CT molecular complexity index is 855. The van der Waals surface area contributed by atoms with Crippen LogP contribution in [0.1, 0.15) is 27.2 Å². The molecule has 5 nitrogen and oxygen atoms in total. The van der Waals surface area contributed by atoms with Gasteiger partial charge in [-0.2, -0.15) is 0 Å². The molecular weight excluding hydrogens is 334 g/mol. The average molecular weight is 351 g/mol. The largest absolute Gasteiger partial charge is 0.465 e. The maximum atomic E-state index is 12.9. The molecule has 1 aromatic heterocycles. The third-order valence-electron chi connectivity index (χ3n) is 3.87. The molecule has 0 aliphatic carbocycles. The van der Waals surface area contributed by atoms with E-state index in [1.54, 1.807) is 30.3 Å². The molecule has 0 spiro atoms. The Morgan fingerprint density at radius 3 is 2.70 bits per heavy atom. The molecule has 0 saturated heterocycles. The summed E-state index contributed by atoms with van der Waals surface area (Å²) >= 11 is 1.26. The molecule has 0 atom stereocenters. The molecule has 0 fully saturated rings. The maximum absolute atomic E-state index is 12.9. The zero-order valence-electron chi connectivity index (χ0n) is 12.9. The van der Waals surface area contributed by atoms with Crippen molar-refractivity contribution in [2.75, 3.05) is 18.0 Å². The van der Waals surface area contributed by atoms with E-state index in [-0.39, 0.29) is 0 Å². The van der Waals surface area contributed by atoms with Crippen LogP contribution in [0, 0.1) is 6.92 Å². The van der Waals surface area contributed by atoms with Crippen LogP contribution in [0.5, 0.6) is 0 Å². The van der Waals surface area contributed by atoms with Crippen LogP contribution >= 0.6 is 11.3 Å². The first-order valence-electron chi connectivity index (χ1n) is 7.24. The number of esters is 1. The highest BCUT2D eigenvalue weighted by Gasteiger charge is 2.32. The van der Waals surface area contributed by atoms with E-state index in [0.717, 1.165) is 10.4 Å². The normalized spacial score (nSPS) is 14.4. The van der Waals surface area contributed by atoms with Crippen LogP contribution < -0.4 is 4.31 Å². The molecule has 2 heterocycles. The molecule has 7 heteroatoms. The van der Waals surface area contributed by atoms with Crippen molar-refractivity contribution >= 4 is 33.0 Å². The number of hydrogen-bond donors (Lipinski definition) is 0. The van der Waals surface area contributed by atoms with Gasteiger partial charge in [0.2, 0.25) is 0 Å². The molecule has 3 rings (SSSR count). The first-order chi connectivity index (χ1) is 10.9. The first-order valence-corrected chi connectivity index (χ1v) is 9.50. The predicted molar refractivity (Wildman–Crippen MR) is 89.7 cm³/mol. The molecule has 1 aromatic carbocycles. The summed E-state index contributed by atoms with van der Waals surface area (Å²) in [5.74, 6) is -0.437. The summed E-state index contributed by atoms with van der Waals surface area (Å²) in [5.41, 5.74) is 1.75. The van der Waals surface area contributed by atoms with Gasteiger partial charge in [-0.05, 0) is 49.6 Å². The zero-order chi connectivity index (χ0) is 16.6. The predicted octanol–water partition coefficient (Wildman–Crippen LogP) is 2.98. The Kier molecular flexibility index (Phi) is 4.16. The summed E-state index contributed by atoms with van der Waals surface area (Å²) in [7, 11) is -2.28. The van der Waals surface area contributed by atoms with Crippen LogP contribution in [0.15, 0.2) is 34.5 Å². The van der Waals surface area contributed by atoms with Crippen molar-refractivity contribution in [3.8, 4) is 0 Å². The van der Waals surface area contributed by atoms with Crippen molar-refractivity contribution in [3.63, 3.8) is 0 Å². The van der Waals surface area contributed by atoms with Crippen LogP contribution in [-0.4, -0.2) is 28.0 Å². The van der Waals surface area contributed by atoms with Crippen molar-refractivity contribution in [2.45, 2.75) is 24.0 Å². The molecular formula is C16H17NO4S2. The molecule has 0 amide bonds. The van der Waals surface area contributed by atoms with Gasteiger partial charge in [0, 0.05) is 11.4 Å². The molecule has 0 unspecified atom stereocenters. The van der Waals surface area contributed by atoms with Gasteiger partial charge in [0.15, 0.2) is 0 Å². The summed E-state index contributed by atoms with van der Waals surface area (Å²) in [6.07, 6.45) is 1.33. The second-order valence-corrected chi connectivity index (χ2v) is 8.72. The number of nitrogens with zero attached hydrogens (tertiary/aromatic N) is 1. The lowest BCUT2D eigenvalue weighted by Crippen LogP contribution is -2.35. The van der Waals surface area contributed by atoms with E-state index in [2.05, 4.69) is 0 Å². The van der Waals surface area contributed by atoms with Gasteiger partial charge in [-0.25, -0.2) is 13.2 Å². The van der Waals surface area contributed by atoms with Crippen molar-refractivity contribution in [1.82, 2.24) is 0 Å². The number of thiophene rings is 1. The summed E-state index contributed by atoms with van der Waals surface area (Å²) in [5, 5.41) is 0. The summed E-state index contributed by atoms with van der Waals surface area (Å²) in [4.78, 5) is 12.9. The number of carbonyl (C=O) groups excluding carboxylic acids is 1. The smallest absolute Gasteiger partial charge is 0.338 e. The number of sulfonamides is 1. The third-order valence-corrected chi connectivity index (χ3v) is 7.15. The third kappa shape index (κ3) is 2.74. The maximum Gasteiger partial charge on any atom is 0.338 e. The molecule has 1 aliphatic heterocycles. The standard InChI is InChI=1S/C16H17NO4S2/c1-11-8-9-15(22-11)23(19,20)17-10-4-6-12-13(16(18)21-2)5-3-7-14(12)17/h3,5,7-9H,4,6,10H2,1-2H3. The number of aryl methyl sites for hydroxylation is 1. The van der Waals surface area contributed by atoms with Crippen LogP contribution in [0.4, 0.5) is 5.69 Å². The van der Waals surface area contributed by atoms with Crippen molar-refractivity contribution in [3.05, 3.63) is 46.3 Å². The van der Waals surface area contributed by atoms with Crippen LogP contribution in [0.2, 0.25) is 0 Å². The van der Waals surface area contributed by atoms with Gasteiger partial charge in [-0.1, -0.05) is 6.07 Å². The number of carbonyl (C=O) groups is 1. The fourth-order valence-electron chi connectivity index (χ4n) is 2.80. The fourth-order valence-corrected chi connectivity index (χ4v) is 5.73. The lowest BCUT2D eigenvalue weighted by Gasteiger charge is -2.30. The van der Waals surface area contributed by atoms with Crippen LogP contribution in [0.25, 0.3) is 0 Å². The van der Waals surface area contributed by atoms with E-state index in [1.807, 2.05) is 6.92 Å². The second kappa shape index (κ2) is 5.98. The number of ether oxygens (including phenoxy) is 1.